The number of pyridine rings is 1. The van der Waals surface area contributed by atoms with E-state index in [1.165, 1.54) is 11.3 Å². The van der Waals surface area contributed by atoms with Crippen LogP contribution in [0.5, 0.6) is 11.5 Å². The van der Waals surface area contributed by atoms with Crippen molar-refractivity contribution in [2.24, 2.45) is 0 Å². The quantitative estimate of drug-likeness (QED) is 0.686. The molecule has 2 aromatic heterocycles. The summed E-state index contributed by atoms with van der Waals surface area (Å²) in [7, 11) is 1.57. The molecule has 0 unspecified atom stereocenters. The Kier molecular flexibility index (Phi) is 5.80. The molecule has 0 bridgehead atoms. The summed E-state index contributed by atoms with van der Waals surface area (Å²) >= 11 is 1.50. The van der Waals surface area contributed by atoms with Gasteiger partial charge in [0, 0.05) is 35.1 Å². The van der Waals surface area contributed by atoms with Gasteiger partial charge in [-0.05, 0) is 31.2 Å². The Morgan fingerprint density at radius 3 is 2.88 bits per heavy atom. The maximum Gasteiger partial charge on any atom is 0.230 e. The number of amides is 1. The Morgan fingerprint density at radius 1 is 1.27 bits per heavy atom. The molecule has 2 heterocycles. The predicted molar refractivity (Wildman–Crippen MR) is 102 cm³/mol. The molecular weight excluding hydrogens is 350 g/mol. The van der Waals surface area contributed by atoms with Crippen LogP contribution in [0.2, 0.25) is 0 Å². The van der Waals surface area contributed by atoms with E-state index in [0.29, 0.717) is 23.8 Å². The molecule has 0 saturated heterocycles. The monoisotopic (exact) mass is 369 g/mol. The molecule has 0 saturated carbocycles. The van der Waals surface area contributed by atoms with Crippen molar-refractivity contribution in [2.45, 2.75) is 13.3 Å². The van der Waals surface area contributed by atoms with Gasteiger partial charge in [-0.3, -0.25) is 9.78 Å². The average molecular weight is 369 g/mol. The molecule has 0 atom stereocenters. The summed E-state index contributed by atoms with van der Waals surface area (Å²) in [6.45, 7) is 2.45. The number of benzene rings is 1. The molecule has 0 fully saturated rings. The van der Waals surface area contributed by atoms with Crippen LogP contribution in [0, 0.1) is 0 Å². The summed E-state index contributed by atoms with van der Waals surface area (Å²) in [5.74, 6) is 1.09. The van der Waals surface area contributed by atoms with E-state index >= 15 is 0 Å². The third kappa shape index (κ3) is 4.37. The Morgan fingerprint density at radius 2 is 2.15 bits per heavy atom. The standard InChI is InChI=1S/C19H19N3O3S/c1-3-25-16-7-6-14(9-17(16)24-2)21-18(23)10-15-12-26-19(22-15)13-5-4-8-20-11-13/h4-9,11-12H,3,10H2,1-2H3,(H,21,23). The van der Waals surface area contributed by atoms with Gasteiger partial charge in [-0.15, -0.1) is 11.3 Å². The number of carbonyl (C=O) groups excluding carboxylic acids is 1. The first-order chi connectivity index (χ1) is 12.7. The number of thiazole rings is 1. The van der Waals surface area contributed by atoms with Crippen LogP contribution in [0.3, 0.4) is 0 Å². The second-order valence-corrected chi connectivity index (χ2v) is 6.27. The van der Waals surface area contributed by atoms with Crippen molar-refractivity contribution >= 4 is 22.9 Å². The summed E-state index contributed by atoms with van der Waals surface area (Å²) in [5, 5.41) is 5.60. The highest BCUT2D eigenvalue weighted by Crippen LogP contribution is 2.30. The van der Waals surface area contributed by atoms with E-state index in [0.717, 1.165) is 16.3 Å². The van der Waals surface area contributed by atoms with Gasteiger partial charge in [0.05, 0.1) is 25.8 Å². The fourth-order valence-corrected chi connectivity index (χ4v) is 3.21. The van der Waals surface area contributed by atoms with E-state index in [9.17, 15) is 4.79 Å². The van der Waals surface area contributed by atoms with Crippen molar-refractivity contribution in [1.82, 2.24) is 9.97 Å². The molecule has 0 radical (unpaired) electrons. The highest BCUT2D eigenvalue weighted by molar-refractivity contribution is 7.13. The van der Waals surface area contributed by atoms with Crippen LogP contribution in [0.1, 0.15) is 12.6 Å². The van der Waals surface area contributed by atoms with E-state index in [1.807, 2.05) is 24.4 Å². The van der Waals surface area contributed by atoms with Gasteiger partial charge in [-0.25, -0.2) is 4.98 Å². The molecule has 134 valence electrons. The summed E-state index contributed by atoms with van der Waals surface area (Å²) in [6, 6.07) is 9.12. The lowest BCUT2D eigenvalue weighted by atomic mass is 10.2. The first-order valence-corrected chi connectivity index (χ1v) is 9.03. The molecule has 7 heteroatoms. The Balaban J connectivity index is 1.65. The molecular formula is C19H19N3O3S. The number of hydrogen-bond acceptors (Lipinski definition) is 6. The van der Waals surface area contributed by atoms with Crippen molar-refractivity contribution in [3.63, 3.8) is 0 Å². The van der Waals surface area contributed by atoms with Gasteiger partial charge < -0.3 is 14.8 Å². The smallest absolute Gasteiger partial charge is 0.230 e. The molecule has 0 spiro atoms. The highest BCUT2D eigenvalue weighted by atomic mass is 32.1. The minimum atomic E-state index is -0.140. The molecule has 1 N–H and O–H groups in total. The number of nitrogens with one attached hydrogen (secondary N) is 1. The number of aromatic nitrogens is 2. The van der Waals surface area contributed by atoms with Crippen molar-refractivity contribution < 1.29 is 14.3 Å². The van der Waals surface area contributed by atoms with Gasteiger partial charge in [0.15, 0.2) is 11.5 Å². The Hall–Kier alpha value is -2.93. The van der Waals surface area contributed by atoms with E-state index in [2.05, 4.69) is 15.3 Å². The van der Waals surface area contributed by atoms with Crippen LogP contribution >= 0.6 is 11.3 Å². The van der Waals surface area contributed by atoms with Crippen LogP contribution in [0.4, 0.5) is 5.69 Å². The zero-order valence-electron chi connectivity index (χ0n) is 14.6. The lowest BCUT2D eigenvalue weighted by Crippen LogP contribution is -2.14. The fourth-order valence-electron chi connectivity index (χ4n) is 2.40. The number of carbonyl (C=O) groups is 1. The first-order valence-electron chi connectivity index (χ1n) is 8.15. The second kappa shape index (κ2) is 8.44. The summed E-state index contributed by atoms with van der Waals surface area (Å²) < 4.78 is 10.8. The van der Waals surface area contributed by atoms with E-state index < -0.39 is 0 Å². The third-order valence-electron chi connectivity index (χ3n) is 3.55. The molecule has 3 rings (SSSR count). The van der Waals surface area contributed by atoms with Crippen LogP contribution < -0.4 is 14.8 Å². The number of ether oxygens (including phenoxy) is 2. The van der Waals surface area contributed by atoms with Crippen molar-refractivity contribution in [3.05, 3.63) is 53.8 Å². The highest BCUT2D eigenvalue weighted by Gasteiger charge is 2.11. The molecule has 1 aromatic carbocycles. The SMILES string of the molecule is CCOc1ccc(NC(=O)Cc2csc(-c3cccnc3)n2)cc1OC. The average Bonchev–Trinajstić information content (AvgIpc) is 3.12. The minimum absolute atomic E-state index is 0.140. The summed E-state index contributed by atoms with van der Waals surface area (Å²) in [4.78, 5) is 20.9. The maximum atomic E-state index is 12.3. The van der Waals surface area contributed by atoms with Crippen LogP contribution in [-0.2, 0) is 11.2 Å². The topological polar surface area (TPSA) is 73.3 Å². The zero-order chi connectivity index (χ0) is 18.4. The maximum absolute atomic E-state index is 12.3. The Bertz CT molecular complexity index is 881. The first kappa shape index (κ1) is 17.9. The van der Waals surface area contributed by atoms with Crippen LogP contribution in [0.15, 0.2) is 48.1 Å². The normalized spacial score (nSPS) is 10.4. The van der Waals surface area contributed by atoms with Gasteiger partial charge >= 0.3 is 0 Å². The summed E-state index contributed by atoms with van der Waals surface area (Å²) in [5.41, 5.74) is 2.32. The zero-order valence-corrected chi connectivity index (χ0v) is 15.4. The van der Waals surface area contributed by atoms with Crippen molar-refractivity contribution in [2.75, 3.05) is 19.0 Å². The summed E-state index contributed by atoms with van der Waals surface area (Å²) in [6.07, 6.45) is 3.68. The molecule has 26 heavy (non-hydrogen) atoms. The lowest BCUT2D eigenvalue weighted by molar-refractivity contribution is -0.115. The van der Waals surface area contributed by atoms with E-state index in [1.54, 1.807) is 37.7 Å². The number of methoxy groups -OCH3 is 1. The third-order valence-corrected chi connectivity index (χ3v) is 4.49. The molecule has 1 amide bonds. The predicted octanol–water partition coefficient (Wildman–Crippen LogP) is 3.79. The van der Waals surface area contributed by atoms with Gasteiger partial charge in [0.1, 0.15) is 5.01 Å². The molecule has 0 aliphatic carbocycles. The molecule has 6 nitrogen and oxygen atoms in total. The lowest BCUT2D eigenvalue weighted by Gasteiger charge is -2.11. The number of nitrogens with zero attached hydrogens (tertiary/aromatic N) is 2. The van der Waals surface area contributed by atoms with Crippen molar-refractivity contribution in [3.8, 4) is 22.1 Å². The van der Waals surface area contributed by atoms with Gasteiger partial charge in [-0.2, -0.15) is 0 Å². The molecule has 0 aliphatic heterocycles. The van der Waals surface area contributed by atoms with Gasteiger partial charge in [-0.1, -0.05) is 0 Å². The molecule has 3 aromatic rings. The van der Waals surface area contributed by atoms with E-state index in [-0.39, 0.29) is 12.3 Å². The molecule has 0 aliphatic rings. The second-order valence-electron chi connectivity index (χ2n) is 5.41. The van der Waals surface area contributed by atoms with Gasteiger partial charge in [0.2, 0.25) is 5.91 Å². The number of rotatable bonds is 7. The number of anilines is 1. The van der Waals surface area contributed by atoms with Crippen LogP contribution in [-0.4, -0.2) is 29.6 Å². The Labute approximate surface area is 155 Å². The number of hydrogen-bond donors (Lipinski definition) is 1. The van der Waals surface area contributed by atoms with E-state index in [4.69, 9.17) is 9.47 Å². The van der Waals surface area contributed by atoms with Crippen LogP contribution in [0.25, 0.3) is 10.6 Å². The van der Waals surface area contributed by atoms with Gasteiger partial charge in [0.25, 0.3) is 0 Å². The fraction of sp³-hybridized carbons (Fsp3) is 0.211. The minimum Gasteiger partial charge on any atom is -0.493 e. The van der Waals surface area contributed by atoms with Crippen molar-refractivity contribution in [1.29, 1.82) is 0 Å². The largest absolute Gasteiger partial charge is 0.493 e.